The van der Waals surface area contributed by atoms with E-state index in [0.29, 0.717) is 0 Å². The molecule has 7 heteroatoms. The van der Waals surface area contributed by atoms with Crippen LogP contribution in [0.3, 0.4) is 0 Å². The molecule has 0 spiro atoms. The minimum atomic E-state index is -1.45. The molecule has 1 aliphatic heterocycles. The van der Waals surface area contributed by atoms with Crippen LogP contribution in [-0.2, 0) is 9.53 Å². The smallest absolute Gasteiger partial charge is 0.217 e. The van der Waals surface area contributed by atoms with Gasteiger partial charge in [-0.3, -0.25) is 4.79 Å². The molecule has 5 N–H and O–H groups in total. The quantitative estimate of drug-likeness (QED) is 0.337. The van der Waals surface area contributed by atoms with Gasteiger partial charge in [0.15, 0.2) is 6.29 Å². The number of nitrogens with one attached hydrogen (secondary N) is 1. The predicted octanol–water partition coefficient (Wildman–Crippen LogP) is -3.08. The molecule has 1 heterocycles. The molecule has 88 valence electrons. The molecular weight excluding hydrogens is 206 g/mol. The van der Waals surface area contributed by atoms with Gasteiger partial charge in [-0.2, -0.15) is 0 Å². The maximum absolute atomic E-state index is 10.7. The van der Waals surface area contributed by atoms with Crippen LogP contribution in [0.5, 0.6) is 0 Å². The van der Waals surface area contributed by atoms with Gasteiger partial charge in [0.25, 0.3) is 0 Å². The molecule has 3 unspecified atom stereocenters. The van der Waals surface area contributed by atoms with Crippen molar-refractivity contribution in [3.8, 4) is 0 Å². The molecule has 0 aromatic rings. The molecule has 1 fully saturated rings. The number of ether oxygens (including phenoxy) is 1. The Labute approximate surface area is 86.3 Å². The molecule has 0 aromatic carbocycles. The van der Waals surface area contributed by atoms with Crippen molar-refractivity contribution in [3.05, 3.63) is 0 Å². The van der Waals surface area contributed by atoms with E-state index in [9.17, 15) is 20.1 Å². The van der Waals surface area contributed by atoms with Gasteiger partial charge in [0.05, 0.1) is 6.61 Å². The van der Waals surface area contributed by atoms with Crippen LogP contribution < -0.4 is 5.32 Å². The molecule has 0 aromatic heterocycles. The number of hydrogen-bond acceptors (Lipinski definition) is 6. The predicted molar refractivity (Wildman–Crippen MR) is 47.6 cm³/mol. The highest BCUT2D eigenvalue weighted by Crippen LogP contribution is 2.19. The standard InChI is InChI=1S/C8H15NO6/c1-3(11)9-5-7(13)6(12)4(2-10)15-8(5)14/h4-8,10,12-14H,2H2,1H3,(H,9,11)/t4?,5-,6-,7?,8?/m1/s1. The van der Waals surface area contributed by atoms with Gasteiger partial charge in [0.2, 0.25) is 5.91 Å². The Morgan fingerprint density at radius 1 is 1.33 bits per heavy atom. The monoisotopic (exact) mass is 221 g/mol. The van der Waals surface area contributed by atoms with Crippen LogP contribution in [0.4, 0.5) is 0 Å². The molecule has 1 amide bonds. The highest BCUT2D eigenvalue weighted by molar-refractivity contribution is 5.73. The van der Waals surface area contributed by atoms with E-state index in [2.05, 4.69) is 5.32 Å². The number of amides is 1. The Kier molecular flexibility index (Phi) is 4.00. The minimum Gasteiger partial charge on any atom is -0.394 e. The van der Waals surface area contributed by atoms with Gasteiger partial charge < -0.3 is 30.5 Å². The van der Waals surface area contributed by atoms with E-state index in [1.54, 1.807) is 0 Å². The first-order valence-electron chi connectivity index (χ1n) is 4.55. The van der Waals surface area contributed by atoms with Crippen molar-refractivity contribution in [3.63, 3.8) is 0 Å². The summed E-state index contributed by atoms with van der Waals surface area (Å²) in [5.41, 5.74) is 0. The summed E-state index contributed by atoms with van der Waals surface area (Å²) in [5.74, 6) is -0.462. The third-order valence-electron chi connectivity index (χ3n) is 2.27. The van der Waals surface area contributed by atoms with E-state index in [-0.39, 0.29) is 0 Å². The summed E-state index contributed by atoms with van der Waals surface area (Å²) < 4.78 is 4.81. The Balaban J connectivity index is 2.70. The highest BCUT2D eigenvalue weighted by Gasteiger charge is 2.43. The van der Waals surface area contributed by atoms with Crippen LogP contribution in [0.1, 0.15) is 6.92 Å². The lowest BCUT2D eigenvalue weighted by Crippen LogP contribution is -2.63. The van der Waals surface area contributed by atoms with E-state index in [1.165, 1.54) is 6.92 Å². The first kappa shape index (κ1) is 12.3. The van der Waals surface area contributed by atoms with Crippen molar-refractivity contribution in [2.24, 2.45) is 0 Å². The summed E-state index contributed by atoms with van der Waals surface area (Å²) in [6.45, 7) is 0.687. The van der Waals surface area contributed by atoms with E-state index in [4.69, 9.17) is 9.84 Å². The summed E-state index contributed by atoms with van der Waals surface area (Å²) in [4.78, 5) is 10.7. The highest BCUT2D eigenvalue weighted by atomic mass is 16.6. The second-order valence-electron chi connectivity index (χ2n) is 3.46. The number of aliphatic hydroxyl groups is 4. The second kappa shape index (κ2) is 4.86. The SMILES string of the molecule is CC(=O)N[C@H]1C(O)OC(CO)[C@@H](O)C1O. The zero-order chi connectivity index (χ0) is 11.6. The molecular formula is C8H15NO6. The fourth-order valence-corrected chi connectivity index (χ4v) is 1.49. The fraction of sp³-hybridized carbons (Fsp3) is 0.875. The molecule has 0 aliphatic carbocycles. The zero-order valence-electron chi connectivity index (χ0n) is 8.20. The lowest BCUT2D eigenvalue weighted by molar-refractivity contribution is -0.253. The number of hydrogen-bond donors (Lipinski definition) is 5. The Morgan fingerprint density at radius 2 is 1.93 bits per heavy atom. The second-order valence-corrected chi connectivity index (χ2v) is 3.46. The van der Waals surface area contributed by atoms with Crippen LogP contribution in [0, 0.1) is 0 Å². The van der Waals surface area contributed by atoms with Gasteiger partial charge in [-0.25, -0.2) is 0 Å². The van der Waals surface area contributed by atoms with Crippen molar-refractivity contribution in [1.29, 1.82) is 0 Å². The lowest BCUT2D eigenvalue weighted by Gasteiger charge is -2.40. The Morgan fingerprint density at radius 3 is 2.40 bits per heavy atom. The third kappa shape index (κ3) is 2.64. The van der Waals surface area contributed by atoms with E-state index >= 15 is 0 Å². The average Bonchev–Trinajstić information content (AvgIpc) is 2.18. The number of rotatable bonds is 2. The van der Waals surface area contributed by atoms with Crippen LogP contribution in [0.15, 0.2) is 0 Å². The Hall–Kier alpha value is -0.730. The van der Waals surface area contributed by atoms with Crippen molar-refractivity contribution < 1.29 is 30.0 Å². The first-order valence-corrected chi connectivity index (χ1v) is 4.55. The maximum Gasteiger partial charge on any atom is 0.217 e. The normalized spacial score (nSPS) is 41.3. The fourth-order valence-electron chi connectivity index (χ4n) is 1.49. The Bertz CT molecular complexity index is 235. The molecule has 7 nitrogen and oxygen atoms in total. The molecule has 15 heavy (non-hydrogen) atoms. The van der Waals surface area contributed by atoms with Gasteiger partial charge in [-0.15, -0.1) is 0 Å². The summed E-state index contributed by atoms with van der Waals surface area (Å²) >= 11 is 0. The van der Waals surface area contributed by atoms with Gasteiger partial charge in [-0.1, -0.05) is 0 Å². The average molecular weight is 221 g/mol. The summed E-state index contributed by atoms with van der Waals surface area (Å²) in [5, 5.41) is 39.4. The minimum absolute atomic E-state index is 0.462. The van der Waals surface area contributed by atoms with Crippen molar-refractivity contribution >= 4 is 5.91 Å². The summed E-state index contributed by atoms with van der Waals surface area (Å²) in [6.07, 6.45) is -5.24. The van der Waals surface area contributed by atoms with Crippen molar-refractivity contribution in [1.82, 2.24) is 5.32 Å². The molecule has 1 aliphatic rings. The lowest BCUT2D eigenvalue weighted by atomic mass is 9.97. The van der Waals surface area contributed by atoms with Crippen molar-refractivity contribution in [2.45, 2.75) is 37.6 Å². The van der Waals surface area contributed by atoms with E-state index in [0.717, 1.165) is 0 Å². The first-order chi connectivity index (χ1) is 6.97. The summed E-state index contributed by atoms with van der Waals surface area (Å²) in [6, 6.07) is -1.10. The summed E-state index contributed by atoms with van der Waals surface area (Å²) in [7, 11) is 0. The van der Waals surface area contributed by atoms with Crippen LogP contribution in [0.25, 0.3) is 0 Å². The molecule has 0 radical (unpaired) electrons. The maximum atomic E-state index is 10.7. The third-order valence-corrected chi connectivity index (χ3v) is 2.27. The number of carbonyl (C=O) groups excluding carboxylic acids is 1. The van der Waals surface area contributed by atoms with Gasteiger partial charge in [0, 0.05) is 6.92 Å². The molecule has 0 bridgehead atoms. The van der Waals surface area contributed by atoms with Gasteiger partial charge in [-0.05, 0) is 0 Å². The van der Waals surface area contributed by atoms with Crippen LogP contribution >= 0.6 is 0 Å². The molecule has 1 rings (SSSR count). The largest absolute Gasteiger partial charge is 0.394 e. The topological polar surface area (TPSA) is 119 Å². The van der Waals surface area contributed by atoms with Gasteiger partial charge >= 0.3 is 0 Å². The number of aliphatic hydroxyl groups excluding tert-OH is 4. The van der Waals surface area contributed by atoms with Crippen molar-refractivity contribution in [2.75, 3.05) is 6.61 Å². The van der Waals surface area contributed by atoms with E-state index < -0.39 is 43.2 Å². The molecule has 1 saturated heterocycles. The van der Waals surface area contributed by atoms with Gasteiger partial charge in [0.1, 0.15) is 24.4 Å². The van der Waals surface area contributed by atoms with Crippen LogP contribution in [-0.4, -0.2) is 63.6 Å². The van der Waals surface area contributed by atoms with E-state index in [1.807, 2.05) is 0 Å². The number of carbonyl (C=O) groups is 1. The molecule has 5 atom stereocenters. The molecule has 0 saturated carbocycles. The zero-order valence-corrected chi connectivity index (χ0v) is 8.20. The van der Waals surface area contributed by atoms with Crippen LogP contribution in [0.2, 0.25) is 0 Å².